The lowest BCUT2D eigenvalue weighted by atomic mass is 9.86. The highest BCUT2D eigenvalue weighted by atomic mass is 16.5. The Morgan fingerprint density at radius 2 is 1.60 bits per heavy atom. The Bertz CT molecular complexity index is 745. The summed E-state index contributed by atoms with van der Waals surface area (Å²) in [6, 6.07) is 17.2. The first-order valence-corrected chi connectivity index (χ1v) is 8.32. The summed E-state index contributed by atoms with van der Waals surface area (Å²) >= 11 is 0. The normalized spacial score (nSPS) is 20.9. The average Bonchev–Trinajstić information content (AvgIpc) is 2.61. The second-order valence-electron chi connectivity index (χ2n) is 6.48. The first-order chi connectivity index (χ1) is 12.0. The first-order valence-electron chi connectivity index (χ1n) is 8.32. The molecule has 1 fully saturated rings. The molecule has 3 atom stereocenters. The Balaban J connectivity index is 1.94. The summed E-state index contributed by atoms with van der Waals surface area (Å²) in [6.45, 7) is 3.61. The van der Waals surface area contributed by atoms with E-state index >= 15 is 0 Å². The van der Waals surface area contributed by atoms with Gasteiger partial charge in [-0.05, 0) is 23.6 Å². The van der Waals surface area contributed by atoms with Crippen molar-refractivity contribution < 1.29 is 19.4 Å². The van der Waals surface area contributed by atoms with E-state index in [1.165, 1.54) is 4.90 Å². The number of carbonyl (C=O) groups is 2. The predicted molar refractivity (Wildman–Crippen MR) is 93.1 cm³/mol. The van der Waals surface area contributed by atoms with Crippen molar-refractivity contribution in [3.63, 3.8) is 0 Å². The van der Waals surface area contributed by atoms with Crippen LogP contribution in [0.2, 0.25) is 0 Å². The summed E-state index contributed by atoms with van der Waals surface area (Å²) in [4.78, 5) is 25.9. The number of nitrogens with zero attached hydrogens (tertiary/aromatic N) is 1. The Morgan fingerprint density at radius 1 is 1.04 bits per heavy atom. The maximum atomic E-state index is 12.7. The van der Waals surface area contributed by atoms with Crippen LogP contribution in [-0.4, -0.2) is 34.0 Å². The fraction of sp³-hybridized carbons (Fsp3) is 0.300. The number of β-lactam (4-membered cyclic amide) rings is 1. The van der Waals surface area contributed by atoms with Gasteiger partial charge in [-0.15, -0.1) is 0 Å². The molecule has 0 bridgehead atoms. The van der Waals surface area contributed by atoms with Crippen LogP contribution in [0.1, 0.15) is 25.5 Å². The molecule has 1 N–H and O–H groups in total. The van der Waals surface area contributed by atoms with Crippen molar-refractivity contribution in [1.82, 2.24) is 4.90 Å². The van der Waals surface area contributed by atoms with Crippen molar-refractivity contribution in [1.29, 1.82) is 0 Å². The third-order valence-electron chi connectivity index (χ3n) is 4.42. The van der Waals surface area contributed by atoms with Crippen molar-refractivity contribution >= 4 is 11.9 Å². The smallest absolute Gasteiger partial charge is 0.326 e. The Labute approximate surface area is 146 Å². The van der Waals surface area contributed by atoms with Crippen LogP contribution in [-0.2, 0) is 9.59 Å². The van der Waals surface area contributed by atoms with E-state index in [2.05, 4.69) is 0 Å². The lowest BCUT2D eigenvalue weighted by Gasteiger charge is -2.50. The van der Waals surface area contributed by atoms with E-state index in [1.807, 2.05) is 48.5 Å². The molecule has 2 aromatic rings. The molecule has 5 heteroatoms. The zero-order valence-corrected chi connectivity index (χ0v) is 14.2. The fourth-order valence-electron chi connectivity index (χ4n) is 3.26. The molecule has 2 aromatic carbocycles. The molecule has 1 saturated heterocycles. The lowest BCUT2D eigenvalue weighted by Crippen LogP contribution is -2.67. The number of carboxylic acids is 1. The highest BCUT2D eigenvalue weighted by Crippen LogP contribution is 2.40. The van der Waals surface area contributed by atoms with E-state index in [0.717, 1.165) is 5.56 Å². The molecule has 1 aliphatic heterocycles. The molecule has 1 amide bonds. The van der Waals surface area contributed by atoms with Gasteiger partial charge >= 0.3 is 5.97 Å². The number of carbonyl (C=O) groups excluding carboxylic acids is 1. The van der Waals surface area contributed by atoms with Crippen LogP contribution in [0.25, 0.3) is 0 Å². The molecule has 25 heavy (non-hydrogen) atoms. The van der Waals surface area contributed by atoms with Crippen molar-refractivity contribution in [3.05, 3.63) is 66.2 Å². The van der Waals surface area contributed by atoms with E-state index in [4.69, 9.17) is 4.74 Å². The van der Waals surface area contributed by atoms with Gasteiger partial charge in [0.2, 0.25) is 6.10 Å². The monoisotopic (exact) mass is 339 g/mol. The number of hydrogen-bond donors (Lipinski definition) is 1. The minimum atomic E-state index is -0.998. The van der Waals surface area contributed by atoms with E-state index in [0.29, 0.717) is 5.75 Å². The number of para-hydroxylation sites is 1. The van der Waals surface area contributed by atoms with Crippen LogP contribution in [0, 0.1) is 5.92 Å². The van der Waals surface area contributed by atoms with Crippen LogP contribution >= 0.6 is 0 Å². The van der Waals surface area contributed by atoms with Gasteiger partial charge in [0.15, 0.2) is 0 Å². The van der Waals surface area contributed by atoms with Crippen molar-refractivity contribution in [2.75, 3.05) is 0 Å². The van der Waals surface area contributed by atoms with Crippen molar-refractivity contribution in [3.8, 4) is 5.75 Å². The molecule has 5 nitrogen and oxygen atoms in total. The van der Waals surface area contributed by atoms with Gasteiger partial charge in [0.25, 0.3) is 5.91 Å². The summed E-state index contributed by atoms with van der Waals surface area (Å²) in [6.07, 6.45) is -0.717. The SMILES string of the molecule is CC(C)[C@@H](C(=O)O)N1C(=O)[C@@H](Oc2ccccc2)[C@H]1c1ccccc1. The quantitative estimate of drug-likeness (QED) is 0.821. The summed E-state index contributed by atoms with van der Waals surface area (Å²) in [5, 5.41) is 9.60. The molecule has 0 radical (unpaired) electrons. The zero-order valence-electron chi connectivity index (χ0n) is 14.2. The van der Waals surface area contributed by atoms with Gasteiger partial charge in [0, 0.05) is 0 Å². The van der Waals surface area contributed by atoms with Gasteiger partial charge in [-0.1, -0.05) is 62.4 Å². The topological polar surface area (TPSA) is 66.8 Å². The number of aliphatic carboxylic acids is 1. The highest BCUT2D eigenvalue weighted by Gasteiger charge is 2.55. The van der Waals surface area contributed by atoms with Gasteiger partial charge in [-0.25, -0.2) is 4.79 Å². The number of hydrogen-bond acceptors (Lipinski definition) is 3. The molecule has 3 rings (SSSR count). The molecular formula is C20H21NO4. The lowest BCUT2D eigenvalue weighted by molar-refractivity contribution is -0.179. The van der Waals surface area contributed by atoms with Gasteiger partial charge in [0.05, 0.1) is 0 Å². The first kappa shape index (κ1) is 17.0. The van der Waals surface area contributed by atoms with Gasteiger partial charge in [-0.2, -0.15) is 0 Å². The standard InChI is InChI=1S/C20H21NO4/c1-13(2)16(20(23)24)21-17(14-9-5-3-6-10-14)18(19(21)22)25-15-11-7-4-8-12-15/h3-13,16-18H,1-2H3,(H,23,24)/t16-,17+,18-/m0/s1. The summed E-state index contributed by atoms with van der Waals surface area (Å²) in [7, 11) is 0. The second kappa shape index (κ2) is 6.97. The van der Waals surface area contributed by atoms with E-state index in [1.54, 1.807) is 26.0 Å². The molecule has 0 aromatic heterocycles. The van der Waals surface area contributed by atoms with Crippen molar-refractivity contribution in [2.45, 2.75) is 32.0 Å². The number of benzene rings is 2. The van der Waals surface area contributed by atoms with Gasteiger partial charge < -0.3 is 14.7 Å². The maximum absolute atomic E-state index is 12.7. The predicted octanol–water partition coefficient (Wildman–Crippen LogP) is 3.13. The van der Waals surface area contributed by atoms with Gasteiger partial charge in [0.1, 0.15) is 17.8 Å². The second-order valence-corrected chi connectivity index (χ2v) is 6.48. The minimum Gasteiger partial charge on any atom is -0.480 e. The van der Waals surface area contributed by atoms with Crippen LogP contribution in [0.15, 0.2) is 60.7 Å². The molecular weight excluding hydrogens is 318 g/mol. The minimum absolute atomic E-state index is 0.203. The summed E-state index contributed by atoms with van der Waals surface area (Å²) < 4.78 is 5.89. The average molecular weight is 339 g/mol. The van der Waals surface area contributed by atoms with Crippen LogP contribution in [0.3, 0.4) is 0 Å². The summed E-state index contributed by atoms with van der Waals surface area (Å²) in [5.41, 5.74) is 0.870. The third kappa shape index (κ3) is 3.22. The molecule has 1 heterocycles. The zero-order chi connectivity index (χ0) is 18.0. The van der Waals surface area contributed by atoms with E-state index in [9.17, 15) is 14.7 Å². The number of rotatable bonds is 6. The van der Waals surface area contributed by atoms with Gasteiger partial charge in [-0.3, -0.25) is 4.79 Å². The van der Waals surface area contributed by atoms with E-state index < -0.39 is 24.2 Å². The van der Waals surface area contributed by atoms with Crippen molar-refractivity contribution in [2.24, 2.45) is 5.92 Å². The molecule has 0 saturated carbocycles. The Kier molecular flexibility index (Phi) is 4.74. The Morgan fingerprint density at radius 3 is 2.12 bits per heavy atom. The van der Waals surface area contributed by atoms with Crippen LogP contribution in [0.4, 0.5) is 0 Å². The highest BCUT2D eigenvalue weighted by molar-refractivity contribution is 5.93. The molecule has 0 spiro atoms. The molecule has 0 unspecified atom stereocenters. The van der Waals surface area contributed by atoms with Crippen LogP contribution in [0.5, 0.6) is 5.75 Å². The number of amides is 1. The Hall–Kier alpha value is -2.82. The molecule has 130 valence electrons. The number of carboxylic acid groups (broad SMARTS) is 1. The fourth-order valence-corrected chi connectivity index (χ4v) is 3.26. The number of ether oxygens (including phenoxy) is 1. The molecule has 0 aliphatic carbocycles. The largest absolute Gasteiger partial charge is 0.480 e. The maximum Gasteiger partial charge on any atom is 0.326 e. The van der Waals surface area contributed by atoms with E-state index in [-0.39, 0.29) is 11.8 Å². The molecule has 1 aliphatic rings. The number of likely N-dealkylation sites (tertiary alicyclic amines) is 1. The third-order valence-corrected chi connectivity index (χ3v) is 4.42. The van der Waals surface area contributed by atoms with Crippen LogP contribution < -0.4 is 4.74 Å². The summed E-state index contributed by atoms with van der Waals surface area (Å²) in [5.74, 6) is -0.899.